The van der Waals surface area contributed by atoms with Gasteiger partial charge >= 0.3 is 6.03 Å². The van der Waals surface area contributed by atoms with E-state index in [4.69, 9.17) is 0 Å². The quantitative estimate of drug-likeness (QED) is 0.580. The molecule has 2 atom stereocenters. The fourth-order valence-corrected chi connectivity index (χ4v) is 1.79. The van der Waals surface area contributed by atoms with Gasteiger partial charge in [0.15, 0.2) is 12.2 Å². The van der Waals surface area contributed by atoms with E-state index in [0.717, 1.165) is 4.90 Å². The number of amides is 3. The standard InChI is InChI=1S/C8H12N4O2.HI/c1-10-4-9-6-5(10)7(13)12(3)8(14)11(6)2;/h4-6H,1-3H3;1H. The van der Waals surface area contributed by atoms with E-state index in [2.05, 4.69) is 4.99 Å². The highest BCUT2D eigenvalue weighted by Crippen LogP contribution is 2.22. The van der Waals surface area contributed by atoms with Crippen LogP contribution in [0.5, 0.6) is 0 Å². The molecule has 6 nitrogen and oxygen atoms in total. The zero-order valence-electron chi connectivity index (χ0n) is 8.75. The van der Waals surface area contributed by atoms with Crippen LogP contribution in [0.25, 0.3) is 0 Å². The molecule has 7 heteroatoms. The van der Waals surface area contributed by atoms with Crippen LogP contribution in [-0.2, 0) is 4.79 Å². The van der Waals surface area contributed by atoms with Crippen molar-refractivity contribution >= 4 is 42.3 Å². The number of rotatable bonds is 0. The molecule has 84 valence electrons. The highest BCUT2D eigenvalue weighted by atomic mass is 127. The summed E-state index contributed by atoms with van der Waals surface area (Å²) < 4.78 is 0. The first-order valence-corrected chi connectivity index (χ1v) is 4.33. The third kappa shape index (κ3) is 1.58. The van der Waals surface area contributed by atoms with Crippen molar-refractivity contribution in [2.24, 2.45) is 4.99 Å². The largest absolute Gasteiger partial charge is 0.351 e. The molecule has 1 saturated heterocycles. The van der Waals surface area contributed by atoms with E-state index in [0.29, 0.717) is 0 Å². The first-order chi connectivity index (χ1) is 6.54. The number of aliphatic imine (C=N–C) groups is 1. The van der Waals surface area contributed by atoms with Crippen LogP contribution in [0.4, 0.5) is 4.79 Å². The summed E-state index contributed by atoms with van der Waals surface area (Å²) >= 11 is 0. The number of likely N-dealkylation sites (N-methyl/N-ethyl adjacent to an activating group) is 3. The molecule has 0 aromatic carbocycles. The van der Waals surface area contributed by atoms with Crippen LogP contribution < -0.4 is 0 Å². The van der Waals surface area contributed by atoms with E-state index in [-0.39, 0.29) is 48.1 Å². The van der Waals surface area contributed by atoms with Crippen LogP contribution in [-0.4, -0.2) is 66.3 Å². The van der Waals surface area contributed by atoms with Crippen molar-refractivity contribution in [2.75, 3.05) is 21.1 Å². The SMILES string of the molecule is CN1C(=O)C2C(N=CN2C)N(C)C1=O.I. The Kier molecular flexibility index (Phi) is 3.22. The molecular formula is C8H13IN4O2. The van der Waals surface area contributed by atoms with E-state index in [1.54, 1.807) is 25.3 Å². The Hall–Kier alpha value is -0.860. The van der Waals surface area contributed by atoms with Crippen LogP contribution in [0.15, 0.2) is 4.99 Å². The smallest absolute Gasteiger partial charge is 0.328 e. The maximum Gasteiger partial charge on any atom is 0.328 e. The molecule has 15 heavy (non-hydrogen) atoms. The number of urea groups is 1. The molecule has 0 spiro atoms. The van der Waals surface area contributed by atoms with Gasteiger partial charge in [-0.25, -0.2) is 9.79 Å². The fourth-order valence-electron chi connectivity index (χ4n) is 1.79. The van der Waals surface area contributed by atoms with Crippen LogP contribution in [0.1, 0.15) is 0 Å². The lowest BCUT2D eigenvalue weighted by molar-refractivity contribution is -0.135. The Labute approximate surface area is 105 Å². The van der Waals surface area contributed by atoms with Gasteiger partial charge in [-0.1, -0.05) is 0 Å². The van der Waals surface area contributed by atoms with Gasteiger partial charge in [0.1, 0.15) is 0 Å². The summed E-state index contributed by atoms with van der Waals surface area (Å²) in [6, 6.07) is -0.661. The molecule has 2 rings (SSSR count). The van der Waals surface area contributed by atoms with Crippen LogP contribution in [0, 0.1) is 0 Å². The summed E-state index contributed by atoms with van der Waals surface area (Å²) in [5.74, 6) is -0.196. The highest BCUT2D eigenvalue weighted by Gasteiger charge is 2.47. The second-order valence-electron chi connectivity index (χ2n) is 3.58. The average Bonchev–Trinajstić information content (AvgIpc) is 2.54. The molecule has 0 aliphatic carbocycles. The van der Waals surface area contributed by atoms with E-state index >= 15 is 0 Å². The number of hydrogen-bond donors (Lipinski definition) is 0. The number of halogens is 1. The minimum Gasteiger partial charge on any atom is -0.351 e. The lowest BCUT2D eigenvalue weighted by Gasteiger charge is -2.38. The first-order valence-electron chi connectivity index (χ1n) is 4.33. The summed E-state index contributed by atoms with van der Waals surface area (Å²) in [5, 5.41) is 0. The normalized spacial score (nSPS) is 29.4. The molecule has 2 aliphatic heterocycles. The first kappa shape index (κ1) is 12.2. The molecule has 0 saturated carbocycles. The van der Waals surface area contributed by atoms with E-state index in [9.17, 15) is 9.59 Å². The number of carbonyl (C=O) groups excluding carboxylic acids is 2. The second-order valence-corrected chi connectivity index (χ2v) is 3.58. The van der Waals surface area contributed by atoms with E-state index < -0.39 is 0 Å². The predicted molar refractivity (Wildman–Crippen MR) is 65.2 cm³/mol. The van der Waals surface area contributed by atoms with E-state index in [1.807, 2.05) is 0 Å². The fraction of sp³-hybridized carbons (Fsp3) is 0.625. The summed E-state index contributed by atoms with van der Waals surface area (Å²) in [7, 11) is 4.92. The molecule has 0 radical (unpaired) electrons. The van der Waals surface area contributed by atoms with Crippen molar-refractivity contribution < 1.29 is 9.59 Å². The Morgan fingerprint density at radius 3 is 2.47 bits per heavy atom. The van der Waals surface area contributed by atoms with Crippen molar-refractivity contribution in [2.45, 2.75) is 12.2 Å². The van der Waals surface area contributed by atoms with Gasteiger partial charge in [-0.2, -0.15) is 0 Å². The van der Waals surface area contributed by atoms with Gasteiger partial charge in [-0.15, -0.1) is 24.0 Å². The minimum atomic E-state index is -0.365. The molecule has 0 bridgehead atoms. The van der Waals surface area contributed by atoms with Crippen molar-refractivity contribution in [3.63, 3.8) is 0 Å². The third-order valence-electron chi connectivity index (χ3n) is 2.69. The molecule has 3 amide bonds. The van der Waals surface area contributed by atoms with Crippen molar-refractivity contribution in [1.29, 1.82) is 0 Å². The van der Waals surface area contributed by atoms with Gasteiger partial charge in [0.25, 0.3) is 5.91 Å². The number of carbonyl (C=O) groups is 2. The van der Waals surface area contributed by atoms with Gasteiger partial charge in [0.05, 0.1) is 6.34 Å². The molecule has 2 unspecified atom stereocenters. The Bertz CT molecular complexity index is 333. The highest BCUT2D eigenvalue weighted by molar-refractivity contribution is 14.0. The van der Waals surface area contributed by atoms with Gasteiger partial charge < -0.3 is 9.80 Å². The molecular weight excluding hydrogens is 311 g/mol. The average molecular weight is 324 g/mol. The van der Waals surface area contributed by atoms with E-state index in [1.165, 1.54) is 11.9 Å². The molecule has 2 aliphatic rings. The molecule has 0 aromatic rings. The van der Waals surface area contributed by atoms with Crippen molar-refractivity contribution in [3.05, 3.63) is 0 Å². The number of fused-ring (bicyclic) bond motifs is 1. The number of hydrogen-bond acceptors (Lipinski definition) is 4. The summed E-state index contributed by atoms with van der Waals surface area (Å²) in [6.45, 7) is 0. The van der Waals surface area contributed by atoms with Crippen LogP contribution in [0.3, 0.4) is 0 Å². The maximum atomic E-state index is 11.7. The topological polar surface area (TPSA) is 56.2 Å². The Morgan fingerprint density at radius 2 is 1.87 bits per heavy atom. The minimum absolute atomic E-state index is 0. The lowest BCUT2D eigenvalue weighted by atomic mass is 10.1. The monoisotopic (exact) mass is 324 g/mol. The van der Waals surface area contributed by atoms with Crippen LogP contribution >= 0.6 is 24.0 Å². The zero-order chi connectivity index (χ0) is 10.5. The lowest BCUT2D eigenvalue weighted by Crippen LogP contribution is -2.63. The molecule has 0 aromatic heterocycles. The van der Waals surface area contributed by atoms with Gasteiger partial charge in [-0.05, 0) is 0 Å². The summed E-state index contributed by atoms with van der Waals surface area (Å²) in [6.07, 6.45) is 1.23. The second kappa shape index (κ2) is 3.95. The van der Waals surface area contributed by atoms with Gasteiger partial charge in [0.2, 0.25) is 0 Å². The van der Waals surface area contributed by atoms with Crippen molar-refractivity contribution in [3.8, 4) is 0 Å². The summed E-state index contributed by atoms with van der Waals surface area (Å²) in [4.78, 5) is 31.7. The van der Waals surface area contributed by atoms with Gasteiger partial charge in [-0.3, -0.25) is 9.69 Å². The molecule has 0 N–H and O–H groups in total. The Morgan fingerprint density at radius 1 is 1.27 bits per heavy atom. The van der Waals surface area contributed by atoms with Gasteiger partial charge in [0, 0.05) is 21.1 Å². The molecule has 2 heterocycles. The Balaban J connectivity index is 0.00000112. The number of imide groups is 1. The summed E-state index contributed by atoms with van der Waals surface area (Å²) in [5.41, 5.74) is 0. The van der Waals surface area contributed by atoms with Crippen molar-refractivity contribution in [1.82, 2.24) is 14.7 Å². The molecule has 1 fully saturated rings. The van der Waals surface area contributed by atoms with Crippen LogP contribution in [0.2, 0.25) is 0 Å². The third-order valence-corrected chi connectivity index (χ3v) is 2.69. The number of nitrogens with zero attached hydrogens (tertiary/aromatic N) is 4. The zero-order valence-corrected chi connectivity index (χ0v) is 11.1. The predicted octanol–water partition coefficient (Wildman–Crippen LogP) is -0.203. The maximum absolute atomic E-state index is 11.7.